The van der Waals surface area contributed by atoms with E-state index in [4.69, 9.17) is 14.2 Å². The van der Waals surface area contributed by atoms with Crippen molar-refractivity contribution >= 4 is 5.91 Å². The number of amides is 1. The molecule has 0 saturated carbocycles. The number of ether oxygens (including phenoxy) is 3. The summed E-state index contributed by atoms with van der Waals surface area (Å²) in [4.78, 5) is 18.1. The first-order chi connectivity index (χ1) is 15.8. The van der Waals surface area contributed by atoms with Crippen molar-refractivity contribution in [2.24, 2.45) is 0 Å². The van der Waals surface area contributed by atoms with Gasteiger partial charge in [0.2, 0.25) is 12.7 Å². The molecule has 3 aromatic rings. The fourth-order valence-electron chi connectivity index (χ4n) is 4.78. The zero-order chi connectivity index (χ0) is 21.5. The van der Waals surface area contributed by atoms with Gasteiger partial charge in [-0.15, -0.1) is 0 Å². The molecule has 0 aliphatic carbocycles. The molecule has 0 aromatic heterocycles. The van der Waals surface area contributed by atoms with Gasteiger partial charge in [-0.3, -0.25) is 9.69 Å². The number of rotatable bonds is 3. The number of para-hydroxylation sites is 2. The molecule has 1 fully saturated rings. The average Bonchev–Trinajstić information content (AvgIpc) is 3.30. The number of piperazine rings is 1. The zero-order valence-corrected chi connectivity index (χ0v) is 17.7. The Morgan fingerprint density at radius 2 is 1.44 bits per heavy atom. The van der Waals surface area contributed by atoms with Crippen molar-refractivity contribution < 1.29 is 19.0 Å². The summed E-state index contributed by atoms with van der Waals surface area (Å²) in [7, 11) is 0. The normalized spacial score (nSPS) is 17.4. The molecule has 0 bridgehead atoms. The van der Waals surface area contributed by atoms with E-state index < -0.39 is 0 Å². The van der Waals surface area contributed by atoms with Gasteiger partial charge in [0.1, 0.15) is 11.5 Å². The highest BCUT2D eigenvalue weighted by Gasteiger charge is 2.36. The van der Waals surface area contributed by atoms with E-state index in [2.05, 4.69) is 17.0 Å². The van der Waals surface area contributed by atoms with Gasteiger partial charge >= 0.3 is 0 Å². The first-order valence-electron chi connectivity index (χ1n) is 11.0. The van der Waals surface area contributed by atoms with Crippen molar-refractivity contribution in [1.29, 1.82) is 0 Å². The Balaban J connectivity index is 1.17. The van der Waals surface area contributed by atoms with E-state index in [1.54, 1.807) is 0 Å². The van der Waals surface area contributed by atoms with E-state index in [1.165, 1.54) is 5.56 Å². The van der Waals surface area contributed by atoms with Gasteiger partial charge in [0, 0.05) is 43.9 Å². The van der Waals surface area contributed by atoms with Crippen molar-refractivity contribution in [2.45, 2.75) is 12.5 Å². The van der Waals surface area contributed by atoms with Crippen LogP contribution in [0.5, 0.6) is 23.0 Å². The Labute approximate surface area is 186 Å². The fourth-order valence-corrected chi connectivity index (χ4v) is 4.78. The van der Waals surface area contributed by atoms with Crippen LogP contribution in [0.2, 0.25) is 0 Å². The molecule has 0 atom stereocenters. The Kier molecular flexibility index (Phi) is 4.72. The summed E-state index contributed by atoms with van der Waals surface area (Å²) in [6.45, 7) is 4.23. The highest BCUT2D eigenvalue weighted by Crippen LogP contribution is 2.44. The van der Waals surface area contributed by atoms with Crippen LogP contribution in [-0.4, -0.2) is 48.7 Å². The second kappa shape index (κ2) is 7.88. The summed E-state index contributed by atoms with van der Waals surface area (Å²) < 4.78 is 17.0. The summed E-state index contributed by atoms with van der Waals surface area (Å²) in [5.74, 6) is 2.99. The monoisotopic (exact) mass is 428 g/mol. The molecule has 6 heteroatoms. The highest BCUT2D eigenvalue weighted by molar-refractivity contribution is 5.89. The third-order valence-electron chi connectivity index (χ3n) is 6.45. The molecule has 1 amide bonds. The van der Waals surface area contributed by atoms with Gasteiger partial charge in [0.25, 0.3) is 0 Å². The molecule has 32 heavy (non-hydrogen) atoms. The van der Waals surface area contributed by atoms with Crippen LogP contribution in [0.4, 0.5) is 0 Å². The minimum Gasteiger partial charge on any atom is -0.457 e. The summed E-state index contributed by atoms with van der Waals surface area (Å²) >= 11 is 0. The molecule has 0 radical (unpaired) electrons. The third-order valence-corrected chi connectivity index (χ3v) is 6.45. The number of carbonyl (C=O) groups is 1. The van der Waals surface area contributed by atoms with E-state index in [1.807, 2.05) is 59.5 Å². The molecular weight excluding hydrogens is 404 g/mol. The first-order valence-corrected chi connectivity index (χ1v) is 11.0. The maximum Gasteiger partial charge on any atom is 0.234 e. The number of hydrogen-bond donors (Lipinski definition) is 0. The number of benzene rings is 3. The molecule has 3 aromatic carbocycles. The summed E-state index contributed by atoms with van der Waals surface area (Å²) in [6.07, 6.45) is 0. The predicted octanol–water partition coefficient (Wildman–Crippen LogP) is 4.00. The molecule has 162 valence electrons. The topological polar surface area (TPSA) is 51.2 Å². The molecule has 3 aliphatic rings. The Morgan fingerprint density at radius 3 is 2.16 bits per heavy atom. The number of carbonyl (C=O) groups excluding carboxylic acids is 1. The van der Waals surface area contributed by atoms with Gasteiger partial charge in [-0.2, -0.15) is 0 Å². The van der Waals surface area contributed by atoms with Crippen LogP contribution in [-0.2, 0) is 11.3 Å². The molecule has 3 heterocycles. The quantitative estimate of drug-likeness (QED) is 0.631. The van der Waals surface area contributed by atoms with Gasteiger partial charge in [0.05, 0.1) is 5.92 Å². The van der Waals surface area contributed by atoms with E-state index in [9.17, 15) is 4.79 Å². The minimum atomic E-state index is -0.323. The lowest BCUT2D eigenvalue weighted by Crippen LogP contribution is -2.49. The fraction of sp³-hybridized carbons (Fsp3) is 0.269. The van der Waals surface area contributed by atoms with Gasteiger partial charge < -0.3 is 19.1 Å². The van der Waals surface area contributed by atoms with Gasteiger partial charge in [-0.1, -0.05) is 42.5 Å². The molecule has 0 unspecified atom stereocenters. The lowest BCUT2D eigenvalue weighted by Gasteiger charge is -2.38. The molecule has 0 spiro atoms. The predicted molar refractivity (Wildman–Crippen MR) is 119 cm³/mol. The van der Waals surface area contributed by atoms with Crippen molar-refractivity contribution in [2.75, 3.05) is 33.0 Å². The van der Waals surface area contributed by atoms with E-state index in [-0.39, 0.29) is 18.6 Å². The molecule has 3 aliphatic heterocycles. The van der Waals surface area contributed by atoms with Crippen molar-refractivity contribution in [3.05, 3.63) is 83.4 Å². The van der Waals surface area contributed by atoms with Gasteiger partial charge in [0.15, 0.2) is 11.5 Å². The lowest BCUT2D eigenvalue weighted by atomic mass is 9.86. The summed E-state index contributed by atoms with van der Waals surface area (Å²) in [5, 5.41) is 0. The van der Waals surface area contributed by atoms with E-state index >= 15 is 0 Å². The van der Waals surface area contributed by atoms with Gasteiger partial charge in [-0.25, -0.2) is 0 Å². The summed E-state index contributed by atoms with van der Waals surface area (Å²) in [6, 6.07) is 21.8. The second-order valence-corrected chi connectivity index (χ2v) is 8.40. The Hall–Kier alpha value is -3.51. The van der Waals surface area contributed by atoms with Crippen LogP contribution < -0.4 is 14.2 Å². The maximum atomic E-state index is 13.7. The van der Waals surface area contributed by atoms with Crippen LogP contribution in [0, 0.1) is 0 Å². The number of hydrogen-bond acceptors (Lipinski definition) is 5. The highest BCUT2D eigenvalue weighted by atomic mass is 16.7. The molecule has 6 rings (SSSR count). The SMILES string of the molecule is O=C(C1c2ccccc2Oc2ccccc21)N1CCN(Cc2ccc3c(c2)OCO3)CC1. The van der Waals surface area contributed by atoms with Crippen LogP contribution in [0.15, 0.2) is 66.7 Å². The molecule has 0 N–H and O–H groups in total. The largest absolute Gasteiger partial charge is 0.457 e. The Morgan fingerprint density at radius 1 is 0.781 bits per heavy atom. The lowest BCUT2D eigenvalue weighted by molar-refractivity contribution is -0.133. The average molecular weight is 428 g/mol. The minimum absolute atomic E-state index is 0.149. The zero-order valence-electron chi connectivity index (χ0n) is 17.7. The third kappa shape index (κ3) is 3.37. The number of nitrogens with zero attached hydrogens (tertiary/aromatic N) is 2. The first kappa shape index (κ1) is 19.2. The van der Waals surface area contributed by atoms with Crippen molar-refractivity contribution in [3.63, 3.8) is 0 Å². The van der Waals surface area contributed by atoms with Crippen LogP contribution >= 0.6 is 0 Å². The van der Waals surface area contributed by atoms with Crippen molar-refractivity contribution in [1.82, 2.24) is 9.80 Å². The second-order valence-electron chi connectivity index (χ2n) is 8.40. The Bertz CT molecular complexity index is 1120. The van der Waals surface area contributed by atoms with Crippen LogP contribution in [0.25, 0.3) is 0 Å². The van der Waals surface area contributed by atoms with E-state index in [0.717, 1.165) is 53.8 Å². The molecule has 6 nitrogen and oxygen atoms in total. The maximum absolute atomic E-state index is 13.7. The molecule has 1 saturated heterocycles. The molecular formula is C26H24N2O4. The van der Waals surface area contributed by atoms with Crippen LogP contribution in [0.1, 0.15) is 22.6 Å². The van der Waals surface area contributed by atoms with Crippen molar-refractivity contribution in [3.8, 4) is 23.0 Å². The smallest absolute Gasteiger partial charge is 0.234 e. The standard InChI is InChI=1S/C26H24N2O4/c29-26(25-19-5-1-3-7-21(19)32-22-8-4-2-6-20(22)25)28-13-11-27(12-14-28)16-18-9-10-23-24(15-18)31-17-30-23/h1-10,15,25H,11-14,16-17H2. The number of fused-ring (bicyclic) bond motifs is 3. The van der Waals surface area contributed by atoms with Crippen LogP contribution in [0.3, 0.4) is 0 Å². The van der Waals surface area contributed by atoms with Gasteiger partial charge in [-0.05, 0) is 29.8 Å². The summed E-state index contributed by atoms with van der Waals surface area (Å²) in [5.41, 5.74) is 3.08. The van der Waals surface area contributed by atoms with E-state index in [0.29, 0.717) is 13.1 Å².